The number of benzene rings is 3. The lowest BCUT2D eigenvalue weighted by atomic mass is 9.87. The summed E-state index contributed by atoms with van der Waals surface area (Å²) < 4.78 is 9.56. The van der Waals surface area contributed by atoms with Crippen molar-refractivity contribution in [3.05, 3.63) is 107 Å². The van der Waals surface area contributed by atoms with Gasteiger partial charge in [-0.2, -0.15) is 0 Å². The molecular formula is C50H54N8O6. The number of likely N-dealkylation sites (tertiary alicyclic amines) is 2. The van der Waals surface area contributed by atoms with Gasteiger partial charge in [0.25, 0.3) is 0 Å². The van der Waals surface area contributed by atoms with Crippen molar-refractivity contribution >= 4 is 36.2 Å². The standard InChI is InChI=1S/C50H54N8O6/c1-29(2)43(55-49(61)63-5)47(59)57-25-9-13-41(57)45-51-27-39(53-45)33-19-15-31(16-20-33)35-23-24-36(38-12-8-7-11-37(35)38)32-17-21-34(22-18-32)40-28-52-46(54-40)42-14-10-26-58(42)48(60)44(30(3)4)56-50(62)64-6/h11-12,15-24,27-30,41-44H,9-10,13-14,25-26H2,1-6H3,(H,51,53)(H,52,54)(H,55,61)(H,56,62)/t41-,42-,43-,44-/m0/s1. The fourth-order valence-corrected chi connectivity index (χ4v) is 9.03. The number of rotatable bonds is 12. The number of imidazole rings is 2. The summed E-state index contributed by atoms with van der Waals surface area (Å²) in [5.41, 5.74) is 16.3. The Kier molecular flexibility index (Phi) is 12.7. The van der Waals surface area contributed by atoms with Gasteiger partial charge in [-0.3, -0.25) is 9.59 Å². The summed E-state index contributed by atoms with van der Waals surface area (Å²) in [4.78, 5) is 71.3. The van der Waals surface area contributed by atoms with Crippen molar-refractivity contribution in [1.29, 1.82) is 0 Å². The summed E-state index contributed by atoms with van der Waals surface area (Å²) in [7, 11) is 2.58. The first kappa shape index (κ1) is 43.5. The van der Waals surface area contributed by atoms with E-state index < -0.39 is 24.3 Å². The Bertz CT molecular complexity index is 2470. The minimum atomic E-state index is -0.696. The van der Waals surface area contributed by atoms with Crippen molar-refractivity contribution in [2.45, 2.75) is 77.5 Å². The van der Waals surface area contributed by atoms with Crippen LogP contribution in [0.3, 0.4) is 0 Å². The Morgan fingerprint density at radius 3 is 1.34 bits per heavy atom. The number of carbonyl (C=O) groups excluding carboxylic acids is 4. The molecule has 4 heterocycles. The van der Waals surface area contributed by atoms with E-state index in [-0.39, 0.29) is 35.7 Å². The monoisotopic (exact) mass is 862 g/mol. The van der Waals surface area contributed by atoms with E-state index in [4.69, 9.17) is 19.4 Å². The van der Waals surface area contributed by atoms with Crippen molar-refractivity contribution in [3.8, 4) is 44.8 Å². The summed E-state index contributed by atoms with van der Waals surface area (Å²) in [5, 5.41) is 5.41. The van der Waals surface area contributed by atoms with Gasteiger partial charge in [0.1, 0.15) is 23.7 Å². The van der Waals surface area contributed by atoms with Crippen LogP contribution in [-0.4, -0.2) is 93.1 Å². The Balaban J connectivity index is 0.969. The second kappa shape index (κ2) is 18.7. The highest BCUT2D eigenvalue weighted by Crippen LogP contribution is 2.39. The zero-order chi connectivity index (χ0) is 45.1. The number of alkyl carbamates (subject to hydrolysis) is 2. The maximum absolute atomic E-state index is 13.6. The lowest BCUT2D eigenvalue weighted by Gasteiger charge is -2.30. The summed E-state index contributed by atoms with van der Waals surface area (Å²) in [6.45, 7) is 8.79. The molecule has 0 bridgehead atoms. The van der Waals surface area contributed by atoms with E-state index in [0.29, 0.717) is 13.1 Å². The maximum Gasteiger partial charge on any atom is 0.407 e. The fourth-order valence-electron chi connectivity index (χ4n) is 9.03. The molecule has 2 saturated heterocycles. The topological polar surface area (TPSA) is 175 Å². The molecule has 4 N–H and O–H groups in total. The first-order chi connectivity index (χ1) is 30.9. The fraction of sp³-hybridized carbons (Fsp3) is 0.360. The molecule has 3 aromatic carbocycles. The van der Waals surface area contributed by atoms with Crippen LogP contribution < -0.4 is 10.6 Å². The van der Waals surface area contributed by atoms with Gasteiger partial charge in [-0.05, 0) is 94.2 Å². The first-order valence-corrected chi connectivity index (χ1v) is 21.9. The molecule has 5 aromatic rings. The van der Waals surface area contributed by atoms with Gasteiger partial charge in [0.15, 0.2) is 0 Å². The molecule has 2 aliphatic heterocycles. The first-order valence-electron chi connectivity index (χ1n) is 21.9. The van der Waals surface area contributed by atoms with Gasteiger partial charge in [-0.25, -0.2) is 19.6 Å². The van der Waals surface area contributed by atoms with Crippen LogP contribution in [0.2, 0.25) is 0 Å². The average Bonchev–Trinajstić information content (AvgIpc) is 4.17. The zero-order valence-corrected chi connectivity index (χ0v) is 37.0. The number of hydrogen-bond donors (Lipinski definition) is 4. The van der Waals surface area contributed by atoms with Crippen molar-refractivity contribution in [3.63, 3.8) is 0 Å². The summed E-state index contributed by atoms with van der Waals surface area (Å²) in [5.74, 6) is 0.929. The molecule has 8 rings (SSSR count). The normalized spacial score (nSPS) is 17.4. The predicted molar refractivity (Wildman–Crippen MR) is 244 cm³/mol. The minimum Gasteiger partial charge on any atom is -0.453 e. The molecule has 330 valence electrons. The Morgan fingerprint density at radius 1 is 0.609 bits per heavy atom. The van der Waals surface area contributed by atoms with Gasteiger partial charge >= 0.3 is 12.2 Å². The number of H-pyrrole nitrogens is 2. The number of aromatic nitrogens is 4. The van der Waals surface area contributed by atoms with Crippen LogP contribution in [0.25, 0.3) is 56.9 Å². The Labute approximate surface area is 372 Å². The number of nitrogens with zero attached hydrogens (tertiary/aromatic N) is 4. The van der Waals surface area contributed by atoms with Gasteiger partial charge in [-0.1, -0.05) is 99.8 Å². The number of carbonyl (C=O) groups is 4. The number of amides is 4. The molecule has 2 aromatic heterocycles. The molecular weight excluding hydrogens is 809 g/mol. The highest BCUT2D eigenvalue weighted by Gasteiger charge is 2.39. The Morgan fingerprint density at radius 2 is 0.984 bits per heavy atom. The largest absolute Gasteiger partial charge is 0.453 e. The van der Waals surface area contributed by atoms with Crippen molar-refractivity contribution in [1.82, 2.24) is 40.4 Å². The van der Waals surface area contributed by atoms with Crippen LogP contribution >= 0.6 is 0 Å². The van der Waals surface area contributed by atoms with E-state index in [1.807, 2.05) is 62.0 Å². The summed E-state index contributed by atoms with van der Waals surface area (Å²) in [6, 6.07) is 19.2. The maximum atomic E-state index is 13.6. The molecule has 4 amide bonds. The molecule has 2 fully saturated rings. The number of methoxy groups -OCH3 is 2. The lowest BCUT2D eigenvalue weighted by Crippen LogP contribution is -2.51. The molecule has 0 spiro atoms. The van der Waals surface area contributed by atoms with Gasteiger partial charge < -0.3 is 39.9 Å². The molecule has 64 heavy (non-hydrogen) atoms. The van der Waals surface area contributed by atoms with Crippen molar-refractivity contribution in [2.75, 3.05) is 27.3 Å². The van der Waals surface area contributed by atoms with E-state index in [9.17, 15) is 19.2 Å². The smallest absolute Gasteiger partial charge is 0.407 e. The third-order valence-corrected chi connectivity index (χ3v) is 12.5. The molecule has 4 atom stereocenters. The highest BCUT2D eigenvalue weighted by molar-refractivity contribution is 5.91. The van der Waals surface area contributed by atoms with Crippen molar-refractivity contribution in [2.24, 2.45) is 11.8 Å². The molecule has 14 nitrogen and oxygen atoms in total. The molecule has 1 aliphatic carbocycles. The van der Waals surface area contributed by atoms with E-state index in [2.05, 4.69) is 92.7 Å². The van der Waals surface area contributed by atoms with E-state index >= 15 is 0 Å². The van der Waals surface area contributed by atoms with Crippen LogP contribution in [0.15, 0.2) is 84.5 Å². The lowest BCUT2D eigenvalue weighted by molar-refractivity contribution is -0.136. The van der Waals surface area contributed by atoms with Crippen LogP contribution in [-0.2, 0) is 19.1 Å². The van der Waals surface area contributed by atoms with Gasteiger partial charge in [-0.15, -0.1) is 0 Å². The molecule has 0 saturated carbocycles. The average molecular weight is 863 g/mol. The minimum absolute atomic E-state index is 0.113. The third kappa shape index (κ3) is 8.75. The van der Waals surface area contributed by atoms with Crippen LogP contribution in [0, 0.1) is 11.8 Å². The van der Waals surface area contributed by atoms with Gasteiger partial charge in [0.2, 0.25) is 11.8 Å². The quantitative estimate of drug-likeness (QED) is 0.0885. The van der Waals surface area contributed by atoms with Crippen LogP contribution in [0.1, 0.15) is 88.2 Å². The van der Waals surface area contributed by atoms with E-state index in [0.717, 1.165) is 93.2 Å². The summed E-state index contributed by atoms with van der Waals surface area (Å²) in [6.07, 6.45) is 9.57. The summed E-state index contributed by atoms with van der Waals surface area (Å²) >= 11 is 0. The third-order valence-electron chi connectivity index (χ3n) is 12.5. The molecule has 14 heteroatoms. The van der Waals surface area contributed by atoms with Crippen LogP contribution in [0.4, 0.5) is 9.59 Å². The number of ether oxygens (including phenoxy) is 2. The van der Waals surface area contributed by atoms with E-state index in [1.165, 1.54) is 14.2 Å². The number of hydrogen-bond acceptors (Lipinski definition) is 8. The van der Waals surface area contributed by atoms with Crippen molar-refractivity contribution < 1.29 is 28.7 Å². The number of fused-ring (bicyclic) bond motifs is 1. The SMILES string of the molecule is COC(=O)N[C@H](C(=O)N1CCC[C@H]1c1ncc(-c2ccc(-c3ccc(-c4ccc(-c5cnc([C@@H]6CCCN6C(=O)[C@@H](NC(=O)OC)C(C)C)[nH]5)cc4)c4c3C=C=C=C4)cc2)[nH]1)C(C)C. The molecule has 0 unspecified atom stereocenters. The number of nitrogens with one attached hydrogen (secondary N) is 4. The second-order valence-electron chi connectivity index (χ2n) is 17.2. The van der Waals surface area contributed by atoms with Crippen LogP contribution in [0.5, 0.6) is 0 Å². The predicted octanol–water partition coefficient (Wildman–Crippen LogP) is 8.68. The van der Waals surface area contributed by atoms with E-state index in [1.54, 1.807) is 0 Å². The Hall–Kier alpha value is -7.14. The highest BCUT2D eigenvalue weighted by atomic mass is 16.5. The molecule has 3 aliphatic rings. The molecule has 0 radical (unpaired) electrons. The van der Waals surface area contributed by atoms with Gasteiger partial charge in [0.05, 0.1) is 50.1 Å². The number of aromatic amines is 2. The second-order valence-corrected chi connectivity index (χ2v) is 17.2. The van der Waals surface area contributed by atoms with Gasteiger partial charge in [0, 0.05) is 13.1 Å². The zero-order valence-electron chi connectivity index (χ0n) is 37.0.